The lowest BCUT2D eigenvalue weighted by atomic mass is 9.92. The predicted molar refractivity (Wildman–Crippen MR) is 191 cm³/mol. The quantitative estimate of drug-likeness (QED) is 0.321. The number of ether oxygens (including phenoxy) is 2. The monoisotopic (exact) mass is 697 g/mol. The molecule has 4 N–H and O–H groups in total. The molecule has 0 unspecified atom stereocenters. The van der Waals surface area contributed by atoms with Gasteiger partial charge in [0, 0.05) is 50.7 Å². The second-order valence-corrected chi connectivity index (χ2v) is 14.6. The van der Waals surface area contributed by atoms with Crippen LogP contribution in [0.15, 0.2) is 0 Å². The zero-order chi connectivity index (χ0) is 36.3. The summed E-state index contributed by atoms with van der Waals surface area (Å²) in [5.74, 6) is 0.710. The number of nitrogens with one attached hydrogen (secondary N) is 1. The molecule has 0 aromatic carbocycles. The van der Waals surface area contributed by atoms with Crippen LogP contribution in [-0.4, -0.2) is 140 Å². The Kier molecular flexibility index (Phi) is 19.9. The van der Waals surface area contributed by atoms with Gasteiger partial charge < -0.3 is 45.2 Å². The summed E-state index contributed by atoms with van der Waals surface area (Å²) in [6.07, 6.45) is 6.90. The number of hydrogen-bond acceptors (Lipinski definition) is 9. The summed E-state index contributed by atoms with van der Waals surface area (Å²) in [6.45, 7) is 21.2. The van der Waals surface area contributed by atoms with E-state index >= 15 is 0 Å². The fraction of sp³-hybridized carbons (Fsp3) is 0.889. The van der Waals surface area contributed by atoms with Crippen molar-refractivity contribution in [3.8, 4) is 0 Å². The summed E-state index contributed by atoms with van der Waals surface area (Å²) >= 11 is 0. The Labute approximate surface area is 295 Å². The van der Waals surface area contributed by atoms with E-state index in [-0.39, 0.29) is 29.9 Å². The number of aliphatic carboxylic acids is 1. The Morgan fingerprint density at radius 1 is 0.653 bits per heavy atom. The minimum atomic E-state index is -0.665. The number of piperidine rings is 4. The third kappa shape index (κ3) is 15.4. The van der Waals surface area contributed by atoms with E-state index < -0.39 is 5.97 Å². The maximum atomic E-state index is 12.2. The van der Waals surface area contributed by atoms with Crippen molar-refractivity contribution in [2.45, 2.75) is 105 Å². The van der Waals surface area contributed by atoms with Gasteiger partial charge in [-0.3, -0.25) is 9.59 Å². The Hall–Kier alpha value is -2.64. The van der Waals surface area contributed by atoms with Gasteiger partial charge in [0.2, 0.25) is 5.91 Å². The van der Waals surface area contributed by atoms with E-state index in [9.17, 15) is 19.2 Å². The van der Waals surface area contributed by atoms with Crippen LogP contribution in [-0.2, 0) is 19.1 Å². The van der Waals surface area contributed by atoms with E-state index in [2.05, 4.69) is 42.8 Å². The van der Waals surface area contributed by atoms with Crippen molar-refractivity contribution in [3.05, 3.63) is 0 Å². The number of carbonyl (C=O) groups excluding carboxylic acids is 3. The zero-order valence-electron chi connectivity index (χ0n) is 31.4. The number of amides is 3. The average molecular weight is 697 g/mol. The van der Waals surface area contributed by atoms with Gasteiger partial charge in [0.25, 0.3) is 0 Å². The van der Waals surface area contributed by atoms with Gasteiger partial charge in [0.05, 0.1) is 19.1 Å². The number of hydrogen-bond donors (Lipinski definition) is 3. The molecule has 4 aliphatic heterocycles. The molecule has 4 aliphatic rings. The number of nitrogens with two attached hydrogens (primary N) is 1. The molecule has 13 heteroatoms. The van der Waals surface area contributed by atoms with Gasteiger partial charge in [-0.2, -0.15) is 0 Å². The molecule has 0 bridgehead atoms. The molecule has 0 aliphatic carbocycles. The molecular formula is C36H68N6O7. The number of carboxylic acid groups (broad SMARTS) is 1. The topological polar surface area (TPSA) is 158 Å². The van der Waals surface area contributed by atoms with Crippen LogP contribution >= 0.6 is 0 Å². The molecule has 13 nitrogen and oxygen atoms in total. The summed E-state index contributed by atoms with van der Waals surface area (Å²) in [5, 5.41) is 12.1. The summed E-state index contributed by atoms with van der Waals surface area (Å²) in [6, 6.07) is 1.02. The maximum Gasteiger partial charge on any atom is 0.409 e. The molecular weight excluding hydrogens is 628 g/mol. The molecule has 4 saturated heterocycles. The lowest BCUT2D eigenvalue weighted by Crippen LogP contribution is -2.50. The van der Waals surface area contributed by atoms with E-state index in [1.54, 1.807) is 4.90 Å². The molecule has 4 heterocycles. The highest BCUT2D eigenvalue weighted by Gasteiger charge is 2.33. The summed E-state index contributed by atoms with van der Waals surface area (Å²) < 4.78 is 10.1. The maximum absolute atomic E-state index is 12.2. The van der Waals surface area contributed by atoms with E-state index in [4.69, 9.17) is 20.3 Å². The van der Waals surface area contributed by atoms with E-state index in [1.165, 1.54) is 0 Å². The van der Waals surface area contributed by atoms with E-state index in [1.807, 2.05) is 18.7 Å². The molecule has 284 valence electrons. The Balaban J connectivity index is 0.000000303. The molecule has 3 amide bonds. The fourth-order valence-corrected chi connectivity index (χ4v) is 6.74. The van der Waals surface area contributed by atoms with Gasteiger partial charge >= 0.3 is 18.2 Å². The Morgan fingerprint density at radius 2 is 1.02 bits per heavy atom. The summed E-state index contributed by atoms with van der Waals surface area (Å²) in [7, 11) is 0. The molecule has 0 spiro atoms. The van der Waals surface area contributed by atoms with Gasteiger partial charge in [0.1, 0.15) is 0 Å². The first-order valence-corrected chi connectivity index (χ1v) is 18.9. The van der Waals surface area contributed by atoms with Gasteiger partial charge in [-0.1, -0.05) is 27.7 Å². The van der Waals surface area contributed by atoms with Gasteiger partial charge in [0.15, 0.2) is 0 Å². The summed E-state index contributed by atoms with van der Waals surface area (Å²) in [5.41, 5.74) is 5.17. The SMILES string of the molecule is CC(C)CN.CCOC(=O)N1CCC(N2CCC(C(=O)NCC(C)C)CC2)CC1.CCOC(=O)N1CCC(N2CCC(C(=O)O)CC2)CC1. The van der Waals surface area contributed by atoms with Crippen LogP contribution < -0.4 is 11.1 Å². The van der Waals surface area contributed by atoms with Gasteiger partial charge in [-0.25, -0.2) is 9.59 Å². The number of likely N-dealkylation sites (tertiary alicyclic amines) is 4. The van der Waals surface area contributed by atoms with E-state index in [0.29, 0.717) is 37.1 Å². The lowest BCUT2D eigenvalue weighted by molar-refractivity contribution is -0.143. The van der Waals surface area contributed by atoms with Crippen LogP contribution in [0.5, 0.6) is 0 Å². The minimum absolute atomic E-state index is 0.166. The molecule has 0 atom stereocenters. The number of carboxylic acids is 1. The highest BCUT2D eigenvalue weighted by Crippen LogP contribution is 2.26. The van der Waals surface area contributed by atoms with Gasteiger partial charge in [-0.05, 0) is 110 Å². The van der Waals surface area contributed by atoms with Crippen molar-refractivity contribution in [1.82, 2.24) is 24.9 Å². The minimum Gasteiger partial charge on any atom is -0.481 e. The Bertz CT molecular complexity index is 967. The predicted octanol–water partition coefficient (Wildman–Crippen LogP) is 4.10. The second kappa shape index (κ2) is 23.0. The van der Waals surface area contributed by atoms with Crippen LogP contribution in [0.4, 0.5) is 9.59 Å². The molecule has 0 radical (unpaired) electrons. The fourth-order valence-electron chi connectivity index (χ4n) is 6.74. The highest BCUT2D eigenvalue weighted by atomic mass is 16.6. The largest absolute Gasteiger partial charge is 0.481 e. The van der Waals surface area contributed by atoms with Crippen molar-refractivity contribution in [3.63, 3.8) is 0 Å². The third-order valence-electron chi connectivity index (χ3n) is 9.95. The molecule has 0 aromatic heterocycles. The van der Waals surface area contributed by atoms with Crippen molar-refractivity contribution < 1.29 is 33.8 Å². The normalized spacial score (nSPS) is 20.6. The molecule has 4 rings (SSSR count). The first-order chi connectivity index (χ1) is 23.4. The van der Waals surface area contributed by atoms with Crippen molar-refractivity contribution in [2.75, 3.05) is 78.7 Å². The van der Waals surface area contributed by atoms with Crippen molar-refractivity contribution in [2.24, 2.45) is 29.4 Å². The number of carbonyl (C=O) groups is 4. The highest BCUT2D eigenvalue weighted by molar-refractivity contribution is 5.78. The second-order valence-electron chi connectivity index (χ2n) is 14.6. The van der Waals surface area contributed by atoms with Crippen LogP contribution in [0, 0.1) is 23.7 Å². The lowest BCUT2D eigenvalue weighted by Gasteiger charge is -2.41. The van der Waals surface area contributed by atoms with Crippen molar-refractivity contribution in [1.29, 1.82) is 0 Å². The van der Waals surface area contributed by atoms with E-state index in [0.717, 1.165) is 117 Å². The number of rotatable bonds is 9. The molecule has 49 heavy (non-hydrogen) atoms. The zero-order valence-corrected chi connectivity index (χ0v) is 31.4. The average Bonchev–Trinajstić information content (AvgIpc) is 3.11. The van der Waals surface area contributed by atoms with Crippen LogP contribution in [0.3, 0.4) is 0 Å². The standard InChI is InChI=1S/C18H33N3O3.C14H24N2O4.C4H11N/c1-4-24-18(23)21-11-7-16(8-12-21)20-9-5-15(6-10-20)17(22)19-13-14(2)3;1-2-20-14(19)16-9-5-12(6-10-16)15-7-3-11(4-8-15)13(17)18;1-4(2)3-5/h14-16H,4-13H2,1-3H3,(H,19,22);11-12H,2-10H2,1H3,(H,17,18);4H,3,5H2,1-2H3. The number of nitrogens with zero attached hydrogens (tertiary/aromatic N) is 4. The smallest absolute Gasteiger partial charge is 0.409 e. The van der Waals surface area contributed by atoms with Gasteiger partial charge in [-0.15, -0.1) is 0 Å². The van der Waals surface area contributed by atoms with Crippen LogP contribution in [0.2, 0.25) is 0 Å². The summed E-state index contributed by atoms with van der Waals surface area (Å²) in [4.78, 5) is 55.0. The van der Waals surface area contributed by atoms with Crippen molar-refractivity contribution >= 4 is 24.1 Å². The van der Waals surface area contributed by atoms with Crippen LogP contribution in [0.25, 0.3) is 0 Å². The Morgan fingerprint density at radius 3 is 1.33 bits per heavy atom. The first-order valence-electron chi connectivity index (χ1n) is 18.9. The molecule has 0 aromatic rings. The molecule has 0 saturated carbocycles. The molecule has 4 fully saturated rings. The van der Waals surface area contributed by atoms with Crippen LogP contribution in [0.1, 0.15) is 92.9 Å². The first kappa shape index (κ1) is 42.5. The third-order valence-corrected chi connectivity index (χ3v) is 9.95.